The van der Waals surface area contributed by atoms with Crippen LogP contribution in [0.2, 0.25) is 0 Å². The van der Waals surface area contributed by atoms with E-state index in [0.717, 1.165) is 23.7 Å². The summed E-state index contributed by atoms with van der Waals surface area (Å²) >= 11 is 0. The Morgan fingerprint density at radius 3 is 2.08 bits per heavy atom. The summed E-state index contributed by atoms with van der Waals surface area (Å²) in [5, 5.41) is 0. The van der Waals surface area contributed by atoms with Crippen molar-refractivity contribution >= 4 is 0 Å². The lowest BCUT2D eigenvalue weighted by Crippen LogP contribution is -2.02. The Morgan fingerprint density at radius 2 is 1.67 bits per heavy atom. The Bertz CT molecular complexity index is 118. The molecule has 0 heterocycles. The van der Waals surface area contributed by atoms with Crippen LogP contribution in [-0.4, -0.2) is 0 Å². The smallest absolute Gasteiger partial charge is 0.0406 e. The predicted molar refractivity (Wildman–Crippen MR) is 55.1 cm³/mol. The summed E-state index contributed by atoms with van der Waals surface area (Å²) in [4.78, 5) is 0. The molecule has 0 nitrogen and oxygen atoms in total. The predicted octanol–water partition coefficient (Wildman–Crippen LogP) is 4.10. The van der Waals surface area contributed by atoms with Crippen LogP contribution in [-0.2, 0) is 0 Å². The van der Waals surface area contributed by atoms with Crippen LogP contribution in [0, 0.1) is 23.7 Å². The highest BCUT2D eigenvalue weighted by Gasteiger charge is 2.28. The molecule has 0 heteroatoms. The van der Waals surface area contributed by atoms with Gasteiger partial charge < -0.3 is 0 Å². The minimum Gasteiger partial charge on any atom is -0.0651 e. The normalized spacial score (nSPS) is 38.5. The van der Waals surface area contributed by atoms with Crippen molar-refractivity contribution in [3.63, 3.8) is 0 Å². The van der Waals surface area contributed by atoms with Crippen LogP contribution >= 0.6 is 0 Å². The molecule has 0 radical (unpaired) electrons. The van der Waals surface area contributed by atoms with Gasteiger partial charge in [0.25, 0.3) is 0 Å². The highest BCUT2D eigenvalue weighted by Crippen LogP contribution is 2.39. The zero-order valence-corrected chi connectivity index (χ0v) is 9.14. The molecule has 1 fully saturated rings. The second-order valence-corrected chi connectivity index (χ2v) is 5.04. The molecule has 1 rings (SSSR count). The van der Waals surface area contributed by atoms with Crippen molar-refractivity contribution < 1.29 is 0 Å². The molecule has 72 valence electrons. The lowest BCUT2D eigenvalue weighted by atomic mass is 9.92. The van der Waals surface area contributed by atoms with Crippen molar-refractivity contribution in [1.82, 2.24) is 0 Å². The first-order valence-corrected chi connectivity index (χ1v) is 5.63. The Balaban J connectivity index is 2.27. The van der Waals surface area contributed by atoms with Crippen molar-refractivity contribution in [3.05, 3.63) is 0 Å². The molecule has 4 atom stereocenters. The van der Waals surface area contributed by atoms with E-state index in [4.69, 9.17) is 0 Å². The lowest BCUT2D eigenvalue weighted by Gasteiger charge is -2.14. The first kappa shape index (κ1) is 10.1. The van der Waals surface area contributed by atoms with Crippen molar-refractivity contribution in [1.29, 1.82) is 0 Å². The third kappa shape index (κ3) is 2.50. The molecule has 0 aromatic rings. The molecule has 0 bridgehead atoms. The third-order valence-electron chi connectivity index (χ3n) is 3.81. The Hall–Kier alpha value is 0. The number of rotatable bonds is 3. The molecular weight excluding hydrogens is 144 g/mol. The zero-order chi connectivity index (χ0) is 9.14. The molecular formula is C12H24. The van der Waals surface area contributed by atoms with Crippen LogP contribution in [0.25, 0.3) is 0 Å². The average molecular weight is 168 g/mol. The minimum absolute atomic E-state index is 0.951. The Labute approximate surface area is 77.7 Å². The molecule has 0 spiro atoms. The quantitative estimate of drug-likeness (QED) is 0.595. The summed E-state index contributed by atoms with van der Waals surface area (Å²) in [6.07, 6.45) is 5.82. The summed E-state index contributed by atoms with van der Waals surface area (Å²) < 4.78 is 0. The molecule has 1 aliphatic rings. The van der Waals surface area contributed by atoms with E-state index in [1.807, 2.05) is 0 Å². The van der Waals surface area contributed by atoms with Crippen LogP contribution in [0.5, 0.6) is 0 Å². The second kappa shape index (κ2) is 4.30. The van der Waals surface area contributed by atoms with Gasteiger partial charge in [0, 0.05) is 0 Å². The number of hydrogen-bond donors (Lipinski definition) is 0. The van der Waals surface area contributed by atoms with Gasteiger partial charge in [0.1, 0.15) is 0 Å². The van der Waals surface area contributed by atoms with Gasteiger partial charge in [-0.05, 0) is 42.9 Å². The molecule has 3 unspecified atom stereocenters. The molecule has 12 heavy (non-hydrogen) atoms. The summed E-state index contributed by atoms with van der Waals surface area (Å²) in [5.74, 6) is 3.97. The van der Waals surface area contributed by atoms with Gasteiger partial charge in [0.15, 0.2) is 0 Å². The summed E-state index contributed by atoms with van der Waals surface area (Å²) in [6.45, 7) is 9.54. The lowest BCUT2D eigenvalue weighted by molar-refractivity contribution is 0.379. The fourth-order valence-corrected chi connectivity index (χ4v) is 2.54. The molecule has 0 aromatic carbocycles. The van der Waals surface area contributed by atoms with Gasteiger partial charge >= 0.3 is 0 Å². The highest BCUT2D eigenvalue weighted by molar-refractivity contribution is 4.79. The van der Waals surface area contributed by atoms with Gasteiger partial charge in [0.05, 0.1) is 0 Å². The van der Waals surface area contributed by atoms with Gasteiger partial charge in [-0.1, -0.05) is 34.1 Å². The monoisotopic (exact) mass is 168 g/mol. The first-order chi connectivity index (χ1) is 5.63. The summed E-state index contributed by atoms with van der Waals surface area (Å²) in [6, 6.07) is 0. The average Bonchev–Trinajstić information content (AvgIpc) is 2.31. The molecule has 0 N–H and O–H groups in total. The van der Waals surface area contributed by atoms with Crippen LogP contribution in [0.15, 0.2) is 0 Å². The molecule has 1 aliphatic carbocycles. The molecule has 0 aliphatic heterocycles. The maximum atomic E-state index is 2.42. The van der Waals surface area contributed by atoms with E-state index in [9.17, 15) is 0 Å². The van der Waals surface area contributed by atoms with Crippen molar-refractivity contribution in [3.8, 4) is 0 Å². The zero-order valence-electron chi connectivity index (χ0n) is 9.14. The van der Waals surface area contributed by atoms with Crippen molar-refractivity contribution in [2.75, 3.05) is 0 Å². The van der Waals surface area contributed by atoms with Gasteiger partial charge in [-0.15, -0.1) is 0 Å². The molecule has 0 saturated heterocycles. The third-order valence-corrected chi connectivity index (χ3v) is 3.81. The Kier molecular flexibility index (Phi) is 3.61. The SMILES string of the molecule is CCC(C)CC1CC(C)[C@@H](C)C1. The largest absolute Gasteiger partial charge is 0.0651 e. The van der Waals surface area contributed by atoms with Crippen LogP contribution in [0.1, 0.15) is 53.4 Å². The summed E-state index contributed by atoms with van der Waals surface area (Å²) in [5.41, 5.74) is 0. The van der Waals surface area contributed by atoms with E-state index >= 15 is 0 Å². The molecule has 0 aromatic heterocycles. The summed E-state index contributed by atoms with van der Waals surface area (Å²) in [7, 11) is 0. The van der Waals surface area contributed by atoms with Gasteiger partial charge in [-0.2, -0.15) is 0 Å². The first-order valence-electron chi connectivity index (χ1n) is 5.63. The van der Waals surface area contributed by atoms with E-state index in [1.54, 1.807) is 0 Å². The van der Waals surface area contributed by atoms with Crippen molar-refractivity contribution in [2.24, 2.45) is 23.7 Å². The maximum Gasteiger partial charge on any atom is -0.0406 e. The van der Waals surface area contributed by atoms with Crippen molar-refractivity contribution in [2.45, 2.75) is 53.4 Å². The fourth-order valence-electron chi connectivity index (χ4n) is 2.54. The minimum atomic E-state index is 0.951. The molecule has 1 saturated carbocycles. The maximum absolute atomic E-state index is 2.42. The molecule has 0 amide bonds. The van der Waals surface area contributed by atoms with Gasteiger partial charge in [0.2, 0.25) is 0 Å². The second-order valence-electron chi connectivity index (χ2n) is 5.04. The van der Waals surface area contributed by atoms with E-state index in [-0.39, 0.29) is 0 Å². The highest BCUT2D eigenvalue weighted by atomic mass is 14.3. The fraction of sp³-hybridized carbons (Fsp3) is 1.00. The van der Waals surface area contributed by atoms with E-state index < -0.39 is 0 Å². The van der Waals surface area contributed by atoms with Crippen LogP contribution in [0.4, 0.5) is 0 Å². The van der Waals surface area contributed by atoms with Crippen LogP contribution in [0.3, 0.4) is 0 Å². The van der Waals surface area contributed by atoms with E-state index in [2.05, 4.69) is 27.7 Å². The topological polar surface area (TPSA) is 0 Å². The van der Waals surface area contributed by atoms with E-state index in [1.165, 1.54) is 25.7 Å². The standard InChI is InChI=1S/C12H24/c1-5-9(2)6-12-7-10(3)11(4)8-12/h9-12H,5-8H2,1-4H3/t9?,10-,11?,12?/m0/s1. The Morgan fingerprint density at radius 1 is 1.17 bits per heavy atom. The number of hydrogen-bond acceptors (Lipinski definition) is 0. The van der Waals surface area contributed by atoms with Gasteiger partial charge in [-0.25, -0.2) is 0 Å². The van der Waals surface area contributed by atoms with Gasteiger partial charge in [-0.3, -0.25) is 0 Å². The van der Waals surface area contributed by atoms with Crippen LogP contribution < -0.4 is 0 Å². The van der Waals surface area contributed by atoms with E-state index in [0.29, 0.717) is 0 Å².